The number of nitro groups is 1. The fourth-order valence-corrected chi connectivity index (χ4v) is 2.48. The van der Waals surface area contributed by atoms with Gasteiger partial charge in [-0.1, -0.05) is 37.3 Å². The van der Waals surface area contributed by atoms with Gasteiger partial charge in [-0.25, -0.2) is 9.78 Å². The smallest absolute Gasteiger partial charge is 0.345 e. The summed E-state index contributed by atoms with van der Waals surface area (Å²) < 4.78 is 5.02. The van der Waals surface area contributed by atoms with Crippen molar-refractivity contribution in [2.75, 3.05) is 6.61 Å². The monoisotopic (exact) mass is 314 g/mol. The predicted molar refractivity (Wildman–Crippen MR) is 86.4 cm³/mol. The van der Waals surface area contributed by atoms with Crippen molar-refractivity contribution in [3.05, 3.63) is 57.3 Å². The molecule has 0 saturated carbocycles. The summed E-state index contributed by atoms with van der Waals surface area (Å²) in [5.74, 6) is -0.689. The molecule has 6 nitrogen and oxygen atoms in total. The maximum absolute atomic E-state index is 12.3. The third-order valence-corrected chi connectivity index (χ3v) is 3.56. The molecule has 0 saturated heterocycles. The predicted octanol–water partition coefficient (Wildman–Crippen LogP) is 3.70. The van der Waals surface area contributed by atoms with Gasteiger partial charge >= 0.3 is 11.7 Å². The van der Waals surface area contributed by atoms with Gasteiger partial charge in [0.2, 0.25) is 0 Å². The summed E-state index contributed by atoms with van der Waals surface area (Å²) in [4.78, 5) is 27.8. The van der Waals surface area contributed by atoms with Crippen LogP contribution in [0.2, 0.25) is 0 Å². The Morgan fingerprint density at radius 1 is 1.26 bits per heavy atom. The molecule has 6 heteroatoms. The third kappa shape index (κ3) is 3.21. The Bertz CT molecular complexity index is 742. The molecule has 0 spiro atoms. The second-order valence-corrected chi connectivity index (χ2v) is 4.95. The fourth-order valence-electron chi connectivity index (χ4n) is 2.48. The molecule has 0 unspecified atom stereocenters. The summed E-state index contributed by atoms with van der Waals surface area (Å²) in [5.41, 5.74) is 1.63. The van der Waals surface area contributed by atoms with Crippen LogP contribution in [0.5, 0.6) is 0 Å². The second-order valence-electron chi connectivity index (χ2n) is 4.95. The Hall–Kier alpha value is -2.76. The zero-order valence-electron chi connectivity index (χ0n) is 13.3. The van der Waals surface area contributed by atoms with Crippen LogP contribution in [0.1, 0.15) is 35.5 Å². The highest BCUT2D eigenvalue weighted by atomic mass is 16.6. The molecule has 0 bridgehead atoms. The van der Waals surface area contributed by atoms with Crippen molar-refractivity contribution in [1.29, 1.82) is 0 Å². The van der Waals surface area contributed by atoms with Crippen LogP contribution in [0.3, 0.4) is 0 Å². The lowest BCUT2D eigenvalue weighted by Crippen LogP contribution is -2.14. The van der Waals surface area contributed by atoms with Gasteiger partial charge in [-0.05, 0) is 25.8 Å². The Morgan fingerprint density at radius 3 is 2.43 bits per heavy atom. The quantitative estimate of drug-likeness (QED) is 0.477. The van der Waals surface area contributed by atoms with Gasteiger partial charge in [-0.15, -0.1) is 0 Å². The van der Waals surface area contributed by atoms with Crippen LogP contribution in [0.25, 0.3) is 11.3 Å². The number of hydrogen-bond acceptors (Lipinski definition) is 5. The molecule has 0 N–H and O–H groups in total. The van der Waals surface area contributed by atoms with Gasteiger partial charge in [0.25, 0.3) is 0 Å². The van der Waals surface area contributed by atoms with Crippen LogP contribution in [-0.4, -0.2) is 22.5 Å². The number of nitrogens with zero attached hydrogens (tertiary/aromatic N) is 2. The number of ether oxygens (including phenoxy) is 1. The van der Waals surface area contributed by atoms with Crippen LogP contribution in [0, 0.1) is 17.0 Å². The Kier molecular flexibility index (Phi) is 5.05. The number of rotatable bonds is 5. The highest BCUT2D eigenvalue weighted by Crippen LogP contribution is 2.35. The molecule has 120 valence electrons. The number of esters is 1. The Balaban J connectivity index is 2.83. The molecule has 2 aromatic rings. The maximum Gasteiger partial charge on any atom is 0.345 e. The molecule has 23 heavy (non-hydrogen) atoms. The van der Waals surface area contributed by atoms with Crippen molar-refractivity contribution in [2.24, 2.45) is 0 Å². The Labute approximate surface area is 134 Å². The molecule has 2 rings (SSSR count). The summed E-state index contributed by atoms with van der Waals surface area (Å²) in [6.07, 6.45) is 0.566. The van der Waals surface area contributed by atoms with E-state index in [1.807, 2.05) is 13.0 Å². The lowest BCUT2D eigenvalue weighted by atomic mass is 9.99. The lowest BCUT2D eigenvalue weighted by Gasteiger charge is -2.13. The van der Waals surface area contributed by atoms with Crippen molar-refractivity contribution in [3.8, 4) is 11.3 Å². The van der Waals surface area contributed by atoms with Gasteiger partial charge in [0.1, 0.15) is 11.3 Å². The zero-order valence-corrected chi connectivity index (χ0v) is 13.3. The molecule has 1 aromatic carbocycles. The van der Waals surface area contributed by atoms with E-state index in [4.69, 9.17) is 4.74 Å². The molecule has 0 aliphatic carbocycles. The number of carbonyl (C=O) groups excluding carboxylic acids is 1. The van der Waals surface area contributed by atoms with E-state index >= 15 is 0 Å². The van der Waals surface area contributed by atoms with Gasteiger partial charge in [0.15, 0.2) is 0 Å². The number of aromatic nitrogens is 1. The van der Waals surface area contributed by atoms with Gasteiger partial charge in [-0.2, -0.15) is 0 Å². The SMILES string of the molecule is CCOC(=O)c1c(C)c(CC)nc(-c2ccccc2)c1[N+](=O)[O-]. The minimum atomic E-state index is -0.689. The Morgan fingerprint density at radius 2 is 1.91 bits per heavy atom. The largest absolute Gasteiger partial charge is 0.462 e. The lowest BCUT2D eigenvalue weighted by molar-refractivity contribution is -0.384. The molecule has 1 aromatic heterocycles. The van der Waals surface area contributed by atoms with E-state index < -0.39 is 10.9 Å². The van der Waals surface area contributed by atoms with Crippen LogP contribution in [0.4, 0.5) is 5.69 Å². The van der Waals surface area contributed by atoms with Crippen LogP contribution >= 0.6 is 0 Å². The van der Waals surface area contributed by atoms with Crippen molar-refractivity contribution in [1.82, 2.24) is 4.98 Å². The number of carbonyl (C=O) groups is 1. The normalized spacial score (nSPS) is 10.4. The van der Waals surface area contributed by atoms with Gasteiger partial charge < -0.3 is 4.74 Å². The molecule has 0 aliphatic heterocycles. The topological polar surface area (TPSA) is 82.3 Å². The van der Waals surface area contributed by atoms with Crippen LogP contribution in [-0.2, 0) is 11.2 Å². The minimum absolute atomic E-state index is 0.0115. The first-order chi connectivity index (χ1) is 11.0. The third-order valence-electron chi connectivity index (χ3n) is 3.56. The summed E-state index contributed by atoms with van der Waals surface area (Å²) in [6.45, 7) is 5.38. The fraction of sp³-hybridized carbons (Fsp3) is 0.294. The van der Waals surface area contributed by atoms with Gasteiger partial charge in [0, 0.05) is 11.3 Å². The molecule has 1 heterocycles. The number of aryl methyl sites for hydroxylation is 1. The first-order valence-corrected chi connectivity index (χ1v) is 7.41. The van der Waals surface area contributed by atoms with Crippen molar-refractivity contribution in [2.45, 2.75) is 27.2 Å². The van der Waals surface area contributed by atoms with Crippen molar-refractivity contribution >= 4 is 11.7 Å². The zero-order chi connectivity index (χ0) is 17.0. The van der Waals surface area contributed by atoms with E-state index in [2.05, 4.69) is 4.98 Å². The number of hydrogen-bond donors (Lipinski definition) is 0. The van der Waals surface area contributed by atoms with Crippen molar-refractivity contribution in [3.63, 3.8) is 0 Å². The average Bonchev–Trinajstić information content (AvgIpc) is 2.55. The van der Waals surface area contributed by atoms with Crippen LogP contribution in [0.15, 0.2) is 30.3 Å². The van der Waals surface area contributed by atoms with E-state index in [1.165, 1.54) is 0 Å². The van der Waals surface area contributed by atoms with E-state index in [9.17, 15) is 14.9 Å². The van der Waals surface area contributed by atoms with Crippen LogP contribution < -0.4 is 0 Å². The second kappa shape index (κ2) is 7.00. The minimum Gasteiger partial charge on any atom is -0.462 e. The first kappa shape index (κ1) is 16.6. The summed E-state index contributed by atoms with van der Waals surface area (Å²) in [7, 11) is 0. The van der Waals surface area contributed by atoms with E-state index in [0.29, 0.717) is 23.2 Å². The molecule has 0 radical (unpaired) electrons. The molecular weight excluding hydrogens is 296 g/mol. The molecule has 0 fully saturated rings. The van der Waals surface area contributed by atoms with E-state index in [0.717, 1.165) is 0 Å². The highest BCUT2D eigenvalue weighted by Gasteiger charge is 2.31. The van der Waals surface area contributed by atoms with Crippen molar-refractivity contribution < 1.29 is 14.5 Å². The number of benzene rings is 1. The van der Waals surface area contributed by atoms with E-state index in [1.54, 1.807) is 38.1 Å². The maximum atomic E-state index is 12.3. The first-order valence-electron chi connectivity index (χ1n) is 7.41. The molecule has 0 aliphatic rings. The summed E-state index contributed by atoms with van der Waals surface area (Å²) in [6, 6.07) is 8.83. The van der Waals surface area contributed by atoms with Gasteiger partial charge in [0.05, 0.1) is 11.5 Å². The molecule has 0 amide bonds. The summed E-state index contributed by atoms with van der Waals surface area (Å²) in [5, 5.41) is 11.6. The number of pyridine rings is 1. The standard InChI is InChI=1S/C17H18N2O4/c1-4-13-11(3)14(17(20)23-5-2)16(19(21)22)15(18-13)12-9-7-6-8-10-12/h6-10H,4-5H2,1-3H3. The average molecular weight is 314 g/mol. The molecular formula is C17H18N2O4. The molecule has 0 atom stereocenters. The van der Waals surface area contributed by atoms with E-state index in [-0.39, 0.29) is 23.6 Å². The highest BCUT2D eigenvalue weighted by molar-refractivity contribution is 5.98. The van der Waals surface area contributed by atoms with Gasteiger partial charge in [-0.3, -0.25) is 10.1 Å². The summed E-state index contributed by atoms with van der Waals surface area (Å²) >= 11 is 0.